The molecule has 4 rings (SSSR count). The van der Waals surface area contributed by atoms with Crippen molar-refractivity contribution in [2.75, 3.05) is 0 Å². The van der Waals surface area contributed by atoms with Gasteiger partial charge in [0.1, 0.15) is 0 Å². The van der Waals surface area contributed by atoms with Crippen LogP contribution in [-0.4, -0.2) is 0 Å². The summed E-state index contributed by atoms with van der Waals surface area (Å²) in [7, 11) is 0. The molecular formula is C6H6. The molecule has 0 radical (unpaired) electrons. The second kappa shape index (κ2) is 0.222. The first-order valence-electron chi connectivity index (χ1n) is 2.97. The SMILES string of the molecule is C1C2C3C4C1C234. The van der Waals surface area contributed by atoms with Gasteiger partial charge < -0.3 is 0 Å². The van der Waals surface area contributed by atoms with Gasteiger partial charge >= 0.3 is 0 Å². The first-order chi connectivity index (χ1) is 2.97. The molecule has 30 valence electrons. The van der Waals surface area contributed by atoms with Gasteiger partial charge in [-0.15, -0.1) is 0 Å². The highest BCUT2D eigenvalue weighted by Gasteiger charge is 3.09. The summed E-state index contributed by atoms with van der Waals surface area (Å²) < 4.78 is 0. The van der Waals surface area contributed by atoms with E-state index < -0.39 is 0 Å². The van der Waals surface area contributed by atoms with E-state index in [4.69, 9.17) is 0 Å². The van der Waals surface area contributed by atoms with Gasteiger partial charge in [-0.1, -0.05) is 0 Å². The highest BCUT2D eigenvalue weighted by Crippen LogP contribution is 3.13. The van der Waals surface area contributed by atoms with Gasteiger partial charge in [0, 0.05) is 0 Å². The third-order valence-corrected chi connectivity index (χ3v) is 3.87. The molecule has 4 aliphatic carbocycles. The Morgan fingerprint density at radius 3 is 1.83 bits per heavy atom. The fourth-order valence-corrected chi connectivity index (χ4v) is 3.40. The van der Waals surface area contributed by atoms with Crippen LogP contribution >= 0.6 is 0 Å². The predicted octanol–water partition coefficient (Wildman–Crippen LogP) is 0.882. The summed E-state index contributed by atoms with van der Waals surface area (Å²) >= 11 is 0. The number of hydrogen-bond acceptors (Lipinski definition) is 0. The number of fused-ring (bicyclic) bond motifs is 3. The largest absolute Gasteiger partial charge is 0.0459 e. The zero-order valence-corrected chi connectivity index (χ0v) is 3.52. The van der Waals surface area contributed by atoms with E-state index in [1.807, 2.05) is 0 Å². The summed E-state index contributed by atoms with van der Waals surface area (Å²) in [6.45, 7) is 0. The van der Waals surface area contributed by atoms with Crippen LogP contribution in [0.3, 0.4) is 0 Å². The van der Waals surface area contributed by atoms with Crippen molar-refractivity contribution in [3.05, 3.63) is 0 Å². The second-order valence-electron chi connectivity index (χ2n) is 3.50. The van der Waals surface area contributed by atoms with Crippen molar-refractivity contribution in [3.8, 4) is 0 Å². The second-order valence-corrected chi connectivity index (χ2v) is 3.50. The molecule has 0 saturated heterocycles. The van der Waals surface area contributed by atoms with Crippen LogP contribution in [0.4, 0.5) is 0 Å². The van der Waals surface area contributed by atoms with E-state index in [2.05, 4.69) is 0 Å². The minimum absolute atomic E-state index is 1.14. The lowest BCUT2D eigenvalue weighted by molar-refractivity contribution is 0.451. The van der Waals surface area contributed by atoms with Gasteiger partial charge in [0.05, 0.1) is 0 Å². The fourth-order valence-electron chi connectivity index (χ4n) is 3.40. The molecule has 0 heteroatoms. The van der Waals surface area contributed by atoms with Gasteiger partial charge in [-0.3, -0.25) is 0 Å². The zero-order valence-electron chi connectivity index (χ0n) is 3.52. The van der Waals surface area contributed by atoms with Crippen molar-refractivity contribution >= 4 is 0 Å². The maximum Gasteiger partial charge on any atom is -0.0167 e. The van der Waals surface area contributed by atoms with Gasteiger partial charge in [0.15, 0.2) is 0 Å². The van der Waals surface area contributed by atoms with Gasteiger partial charge in [0.2, 0.25) is 0 Å². The van der Waals surface area contributed by atoms with Crippen LogP contribution in [0.5, 0.6) is 0 Å². The molecule has 0 bridgehead atoms. The fraction of sp³-hybridized carbons (Fsp3) is 1.00. The van der Waals surface area contributed by atoms with Gasteiger partial charge in [-0.25, -0.2) is 0 Å². The zero-order chi connectivity index (χ0) is 3.52. The first kappa shape index (κ1) is 1.85. The Bertz CT molecular complexity index is 124. The van der Waals surface area contributed by atoms with E-state index in [9.17, 15) is 0 Å². The van der Waals surface area contributed by atoms with Crippen LogP contribution in [0.15, 0.2) is 0 Å². The molecule has 0 aromatic carbocycles. The van der Waals surface area contributed by atoms with E-state index in [0.29, 0.717) is 0 Å². The lowest BCUT2D eigenvalue weighted by atomic mass is 10.0. The third kappa shape index (κ3) is 0.0311. The average molecular weight is 78.1 g/mol. The molecule has 0 amide bonds. The Kier molecular flexibility index (Phi) is 0.0684. The Morgan fingerprint density at radius 2 is 1.83 bits per heavy atom. The minimum Gasteiger partial charge on any atom is -0.0459 e. The van der Waals surface area contributed by atoms with Crippen molar-refractivity contribution in [2.45, 2.75) is 6.42 Å². The van der Waals surface area contributed by atoms with Crippen molar-refractivity contribution in [3.63, 3.8) is 0 Å². The molecular weight excluding hydrogens is 72.1 g/mol. The normalized spacial score (nSPS) is 108. The third-order valence-electron chi connectivity index (χ3n) is 3.87. The molecule has 0 aliphatic heterocycles. The molecule has 0 aromatic rings. The highest BCUT2D eigenvalue weighted by molar-refractivity contribution is 5.55. The van der Waals surface area contributed by atoms with E-state index in [-0.39, 0.29) is 0 Å². The van der Waals surface area contributed by atoms with E-state index in [1.54, 1.807) is 6.42 Å². The topological polar surface area (TPSA) is 0 Å². The lowest BCUT2D eigenvalue weighted by Crippen LogP contribution is -1.96. The van der Waals surface area contributed by atoms with E-state index in [1.165, 1.54) is 23.7 Å². The van der Waals surface area contributed by atoms with E-state index in [0.717, 1.165) is 5.41 Å². The first-order valence-corrected chi connectivity index (χ1v) is 2.97. The molecule has 0 heterocycles. The maximum absolute atomic E-state index is 1.65. The molecule has 4 fully saturated rings. The molecule has 4 saturated carbocycles. The molecule has 0 aromatic heterocycles. The van der Waals surface area contributed by atoms with Crippen LogP contribution in [-0.2, 0) is 0 Å². The van der Waals surface area contributed by atoms with Crippen molar-refractivity contribution in [2.24, 2.45) is 29.1 Å². The Labute approximate surface area is 36.5 Å². The molecule has 0 nitrogen and oxygen atoms in total. The van der Waals surface area contributed by atoms with Gasteiger partial charge in [-0.05, 0) is 35.5 Å². The highest BCUT2D eigenvalue weighted by atomic mass is 15.1. The van der Waals surface area contributed by atoms with Crippen molar-refractivity contribution in [1.29, 1.82) is 0 Å². The lowest BCUT2D eigenvalue weighted by Gasteiger charge is -2.03. The Balaban J connectivity index is 2.36. The Morgan fingerprint density at radius 1 is 1.17 bits per heavy atom. The molecule has 6 heavy (non-hydrogen) atoms. The van der Waals surface area contributed by atoms with Crippen LogP contribution in [0, 0.1) is 29.1 Å². The summed E-state index contributed by atoms with van der Waals surface area (Å²) in [4.78, 5) is 0. The molecule has 4 aliphatic rings. The maximum atomic E-state index is 1.65. The smallest absolute Gasteiger partial charge is 0.0167 e. The number of hydrogen-bond donors (Lipinski definition) is 0. The van der Waals surface area contributed by atoms with Gasteiger partial charge in [-0.2, -0.15) is 0 Å². The molecule has 0 N–H and O–H groups in total. The van der Waals surface area contributed by atoms with Crippen LogP contribution in [0.25, 0.3) is 0 Å². The summed E-state index contributed by atoms with van der Waals surface area (Å²) in [5.74, 6) is 5.30. The van der Waals surface area contributed by atoms with Crippen molar-refractivity contribution < 1.29 is 0 Å². The molecule has 4 atom stereocenters. The summed E-state index contributed by atoms with van der Waals surface area (Å²) in [6, 6.07) is 0. The standard InChI is InChI=1S/C6H6/c1-2-4-5-3(1)6(2,4)5/h2-5H,1H2. The average Bonchev–Trinajstić information content (AvgIpc) is 2.33. The van der Waals surface area contributed by atoms with E-state index >= 15 is 0 Å². The number of rotatable bonds is 0. The summed E-state index contributed by atoms with van der Waals surface area (Å²) in [5, 5.41) is 0. The van der Waals surface area contributed by atoms with Crippen LogP contribution in [0.1, 0.15) is 6.42 Å². The summed E-state index contributed by atoms with van der Waals surface area (Å²) in [5.41, 5.74) is 1.14. The van der Waals surface area contributed by atoms with Gasteiger partial charge in [0.25, 0.3) is 0 Å². The summed E-state index contributed by atoms with van der Waals surface area (Å²) in [6.07, 6.45) is 1.65. The molecule has 4 unspecified atom stereocenters. The minimum atomic E-state index is 1.14. The van der Waals surface area contributed by atoms with Crippen LogP contribution < -0.4 is 0 Å². The quantitative estimate of drug-likeness (QED) is 0.403. The monoisotopic (exact) mass is 78.0 g/mol. The van der Waals surface area contributed by atoms with Crippen LogP contribution in [0.2, 0.25) is 0 Å². The van der Waals surface area contributed by atoms with Crippen molar-refractivity contribution in [1.82, 2.24) is 0 Å². The Hall–Kier alpha value is 0. The predicted molar refractivity (Wildman–Crippen MR) is 21.0 cm³/mol. The molecule has 1 spiro atoms.